The highest BCUT2D eigenvalue weighted by molar-refractivity contribution is 7.32. The Balaban J connectivity index is 3.45. The van der Waals surface area contributed by atoms with E-state index in [9.17, 15) is 4.57 Å². The Bertz CT molecular complexity index is 114. The molecule has 0 heterocycles. The van der Waals surface area contributed by atoms with Gasteiger partial charge in [-0.25, -0.2) is 4.52 Å². The van der Waals surface area contributed by atoms with Crippen LogP contribution >= 0.6 is 8.25 Å². The molecule has 1 unspecified atom stereocenters. The van der Waals surface area contributed by atoms with Crippen molar-refractivity contribution in [2.45, 2.75) is 13.8 Å². The van der Waals surface area contributed by atoms with E-state index in [1.54, 1.807) is 13.8 Å². The first kappa shape index (κ1) is 7.60. The molecule has 0 fully saturated rings. The van der Waals surface area contributed by atoms with Crippen LogP contribution in [0.4, 0.5) is 0 Å². The van der Waals surface area contributed by atoms with E-state index in [-0.39, 0.29) is 0 Å². The second-order valence-electron chi connectivity index (χ2n) is 1.54. The molecular formula is C4H8O3P+. The van der Waals surface area contributed by atoms with Crippen LogP contribution < -0.4 is 0 Å². The lowest BCUT2D eigenvalue weighted by molar-refractivity contribution is 0.376. The third-order valence-corrected chi connectivity index (χ3v) is 0.664. The molecule has 0 amide bonds. The van der Waals surface area contributed by atoms with Gasteiger partial charge in [0.2, 0.25) is 0 Å². The van der Waals surface area contributed by atoms with Crippen LogP contribution in [-0.2, 0) is 9.09 Å². The van der Waals surface area contributed by atoms with Crippen molar-refractivity contribution >= 4 is 8.25 Å². The van der Waals surface area contributed by atoms with Gasteiger partial charge in [0, 0.05) is 4.57 Å². The summed E-state index contributed by atoms with van der Waals surface area (Å²) in [7, 11) is -2.46. The molecule has 0 rings (SSSR count). The second-order valence-corrected chi connectivity index (χ2v) is 2.22. The molecule has 0 spiro atoms. The van der Waals surface area contributed by atoms with Crippen LogP contribution in [0.15, 0.2) is 11.8 Å². The minimum Gasteiger partial charge on any atom is -0.237 e. The van der Waals surface area contributed by atoms with Crippen molar-refractivity contribution in [3.05, 3.63) is 11.8 Å². The van der Waals surface area contributed by atoms with Gasteiger partial charge in [0.05, 0.1) is 0 Å². The van der Waals surface area contributed by atoms with Crippen molar-refractivity contribution in [3.8, 4) is 0 Å². The molecule has 0 bridgehead atoms. The van der Waals surface area contributed by atoms with E-state index in [1.807, 2.05) is 0 Å². The topological polar surface area (TPSA) is 46.5 Å². The van der Waals surface area contributed by atoms with Gasteiger partial charge < -0.3 is 0 Å². The van der Waals surface area contributed by atoms with Crippen LogP contribution in [0, 0.1) is 0 Å². The molecule has 0 aliphatic carbocycles. The minimum absolute atomic E-state index is 0.863. The van der Waals surface area contributed by atoms with Crippen molar-refractivity contribution in [3.63, 3.8) is 0 Å². The van der Waals surface area contributed by atoms with Gasteiger partial charge in [0.15, 0.2) is 6.26 Å². The lowest BCUT2D eigenvalue weighted by Crippen LogP contribution is -1.66. The zero-order chi connectivity index (χ0) is 6.57. The predicted octanol–water partition coefficient (Wildman–Crippen LogP) is 1.58. The van der Waals surface area contributed by atoms with Gasteiger partial charge in [0.1, 0.15) is 0 Å². The van der Waals surface area contributed by atoms with Crippen molar-refractivity contribution in [1.82, 2.24) is 0 Å². The molecule has 0 saturated heterocycles. The number of rotatable bonds is 2. The maximum absolute atomic E-state index is 9.79. The lowest BCUT2D eigenvalue weighted by atomic mass is 10.4. The van der Waals surface area contributed by atoms with Gasteiger partial charge in [-0.05, 0) is 19.4 Å². The molecule has 0 aliphatic heterocycles. The molecule has 46 valence electrons. The molecular weight excluding hydrogens is 127 g/mol. The largest absolute Gasteiger partial charge is 0.746 e. The van der Waals surface area contributed by atoms with E-state index in [2.05, 4.69) is 4.52 Å². The fourth-order valence-electron chi connectivity index (χ4n) is 0.150. The summed E-state index contributed by atoms with van der Waals surface area (Å²) in [6.07, 6.45) is 1.25. The predicted molar refractivity (Wildman–Crippen MR) is 30.3 cm³/mol. The SMILES string of the molecule is CC(C)=CO[P+](=O)O. The molecule has 0 aromatic rings. The Morgan fingerprint density at radius 3 is 2.38 bits per heavy atom. The Hall–Kier alpha value is -0.400. The van der Waals surface area contributed by atoms with E-state index < -0.39 is 8.25 Å². The van der Waals surface area contributed by atoms with Gasteiger partial charge in [-0.2, -0.15) is 0 Å². The summed E-state index contributed by atoms with van der Waals surface area (Å²) in [5.74, 6) is 0. The first-order valence-corrected chi connectivity index (χ1v) is 3.22. The summed E-state index contributed by atoms with van der Waals surface area (Å²) < 4.78 is 14.0. The molecule has 4 heteroatoms. The average molecular weight is 135 g/mol. The minimum atomic E-state index is -2.46. The van der Waals surface area contributed by atoms with Gasteiger partial charge in [-0.1, -0.05) is 0 Å². The summed E-state index contributed by atoms with van der Waals surface area (Å²) in [5, 5.41) is 0. The Labute approximate surface area is 48.9 Å². The molecule has 8 heavy (non-hydrogen) atoms. The number of hydrogen-bond acceptors (Lipinski definition) is 2. The zero-order valence-corrected chi connectivity index (χ0v) is 5.68. The standard InChI is InChI=1S/C4H7O3P/c1-4(2)3-7-8(5)6/h3H,1-2H3/p+1. The third kappa shape index (κ3) is 5.60. The molecule has 0 radical (unpaired) electrons. The van der Waals surface area contributed by atoms with Crippen molar-refractivity contribution in [2.75, 3.05) is 0 Å². The van der Waals surface area contributed by atoms with Gasteiger partial charge >= 0.3 is 8.25 Å². The monoisotopic (exact) mass is 135 g/mol. The highest BCUT2D eigenvalue weighted by Gasteiger charge is 2.07. The van der Waals surface area contributed by atoms with Crippen LogP contribution in [0.3, 0.4) is 0 Å². The lowest BCUT2D eigenvalue weighted by Gasteiger charge is -1.78. The zero-order valence-electron chi connectivity index (χ0n) is 4.79. The highest BCUT2D eigenvalue weighted by atomic mass is 31.1. The Kier molecular flexibility index (Phi) is 3.40. The van der Waals surface area contributed by atoms with Gasteiger partial charge in [-0.15, -0.1) is 4.89 Å². The molecule has 0 aromatic carbocycles. The van der Waals surface area contributed by atoms with E-state index >= 15 is 0 Å². The summed E-state index contributed by atoms with van der Waals surface area (Å²) in [6.45, 7) is 3.55. The number of allylic oxidation sites excluding steroid dienone is 1. The van der Waals surface area contributed by atoms with Crippen LogP contribution in [-0.4, -0.2) is 4.89 Å². The summed E-state index contributed by atoms with van der Waals surface area (Å²) in [6, 6.07) is 0. The van der Waals surface area contributed by atoms with E-state index in [0.717, 1.165) is 5.57 Å². The Morgan fingerprint density at radius 2 is 2.25 bits per heavy atom. The average Bonchev–Trinajstić information content (AvgIpc) is 1.61. The first-order chi connectivity index (χ1) is 3.63. The fraction of sp³-hybridized carbons (Fsp3) is 0.500. The molecule has 1 atom stereocenters. The molecule has 3 nitrogen and oxygen atoms in total. The van der Waals surface area contributed by atoms with Crippen LogP contribution in [0.5, 0.6) is 0 Å². The Morgan fingerprint density at radius 1 is 1.75 bits per heavy atom. The second kappa shape index (κ2) is 3.58. The molecule has 1 N–H and O–H groups in total. The quantitative estimate of drug-likeness (QED) is 0.461. The summed E-state index contributed by atoms with van der Waals surface area (Å²) >= 11 is 0. The molecule has 0 saturated carbocycles. The highest BCUT2D eigenvalue weighted by Crippen LogP contribution is 2.15. The smallest absolute Gasteiger partial charge is 0.237 e. The molecule has 0 aliphatic rings. The van der Waals surface area contributed by atoms with Crippen LogP contribution in [0.25, 0.3) is 0 Å². The van der Waals surface area contributed by atoms with Crippen LogP contribution in [0.1, 0.15) is 13.8 Å². The fourth-order valence-corrected chi connectivity index (χ4v) is 0.451. The number of hydrogen-bond donors (Lipinski definition) is 1. The van der Waals surface area contributed by atoms with Crippen LogP contribution in [0.2, 0.25) is 0 Å². The third-order valence-electron chi connectivity index (χ3n) is 0.379. The van der Waals surface area contributed by atoms with Crippen molar-refractivity contribution in [1.29, 1.82) is 0 Å². The van der Waals surface area contributed by atoms with E-state index in [4.69, 9.17) is 4.89 Å². The normalized spacial score (nSPS) is 10.1. The van der Waals surface area contributed by atoms with E-state index in [0.29, 0.717) is 0 Å². The van der Waals surface area contributed by atoms with Gasteiger partial charge in [-0.3, -0.25) is 0 Å². The molecule has 0 aromatic heterocycles. The van der Waals surface area contributed by atoms with E-state index in [1.165, 1.54) is 6.26 Å². The summed E-state index contributed by atoms with van der Waals surface area (Å²) in [4.78, 5) is 8.04. The van der Waals surface area contributed by atoms with Gasteiger partial charge in [0.25, 0.3) is 0 Å². The summed E-state index contributed by atoms with van der Waals surface area (Å²) in [5.41, 5.74) is 0.863. The maximum Gasteiger partial charge on any atom is 0.746 e. The van der Waals surface area contributed by atoms with Crippen molar-refractivity contribution in [2.24, 2.45) is 0 Å². The maximum atomic E-state index is 9.79. The van der Waals surface area contributed by atoms with Crippen molar-refractivity contribution < 1.29 is 14.0 Å². The first-order valence-electron chi connectivity index (χ1n) is 2.09.